The molecule has 0 amide bonds. The Kier molecular flexibility index (Phi) is 12.8. The Morgan fingerprint density at radius 2 is 1.60 bits per heavy atom. The third-order valence-corrected chi connectivity index (χ3v) is 11.7. The van der Waals surface area contributed by atoms with Gasteiger partial charge in [0.2, 0.25) is 0 Å². The minimum Gasteiger partial charge on any atom is -0.462 e. The number of rotatable bonds is 6. The van der Waals surface area contributed by atoms with Crippen LogP contribution in [0, 0.1) is 11.8 Å². The summed E-state index contributed by atoms with van der Waals surface area (Å²) in [7, 11) is 3.21. The first-order chi connectivity index (χ1) is 24.8. The van der Waals surface area contributed by atoms with Gasteiger partial charge in [0, 0.05) is 45.8 Å². The van der Waals surface area contributed by atoms with Crippen LogP contribution in [0.2, 0.25) is 0 Å². The van der Waals surface area contributed by atoms with E-state index in [0.29, 0.717) is 49.9 Å². The summed E-state index contributed by atoms with van der Waals surface area (Å²) in [6.45, 7) is 10.1. The van der Waals surface area contributed by atoms with Gasteiger partial charge in [-0.15, -0.1) is 0 Å². The fourth-order valence-electron chi connectivity index (χ4n) is 8.54. The first kappa shape index (κ1) is 39.7. The molecule has 4 saturated heterocycles. The van der Waals surface area contributed by atoms with E-state index in [2.05, 4.69) is 13.0 Å². The summed E-state index contributed by atoms with van der Waals surface area (Å²) in [5, 5.41) is 33.5. The predicted molar refractivity (Wildman–Crippen MR) is 187 cm³/mol. The molecule has 16 atom stereocenters. The molecule has 4 fully saturated rings. The van der Waals surface area contributed by atoms with Gasteiger partial charge in [-0.2, -0.15) is 0 Å². The molecule has 0 aromatic heterocycles. The van der Waals surface area contributed by atoms with Crippen LogP contribution in [0.5, 0.6) is 0 Å². The predicted octanol–water partition coefficient (Wildman–Crippen LogP) is 3.04. The Morgan fingerprint density at radius 1 is 0.885 bits per heavy atom. The van der Waals surface area contributed by atoms with Gasteiger partial charge in [0.25, 0.3) is 0 Å². The molecule has 3 N–H and O–H groups in total. The molecule has 2 bridgehead atoms. The molecule has 5 heterocycles. The summed E-state index contributed by atoms with van der Waals surface area (Å²) in [6.07, 6.45) is 4.85. The zero-order chi connectivity index (χ0) is 37.3. The highest BCUT2D eigenvalue weighted by molar-refractivity contribution is 5.78. The number of fused-ring (bicyclic) bond motifs is 2. The van der Waals surface area contributed by atoms with E-state index in [0.717, 1.165) is 5.57 Å². The normalized spacial score (nSPS) is 46.1. The molecular weight excluding hydrogens is 676 g/mol. The van der Waals surface area contributed by atoms with Gasteiger partial charge in [0.15, 0.2) is 12.6 Å². The van der Waals surface area contributed by atoms with Gasteiger partial charge in [-0.05, 0) is 50.8 Å². The van der Waals surface area contributed by atoms with Crippen molar-refractivity contribution < 1.29 is 62.7 Å². The van der Waals surface area contributed by atoms with Crippen LogP contribution in [0.4, 0.5) is 0 Å². The second-order valence-corrected chi connectivity index (χ2v) is 15.3. The maximum absolute atomic E-state index is 13.7. The number of methoxy groups -OCH3 is 2. The fraction of sp³-hybridized carbons (Fsp3) is 0.769. The monoisotopic (exact) mass is 734 g/mol. The lowest BCUT2D eigenvalue weighted by atomic mass is 9.71. The Labute approximate surface area is 306 Å². The van der Waals surface area contributed by atoms with Gasteiger partial charge in [0.05, 0.1) is 49.8 Å². The van der Waals surface area contributed by atoms with Gasteiger partial charge in [-0.1, -0.05) is 37.3 Å². The summed E-state index contributed by atoms with van der Waals surface area (Å²) in [5.74, 6) is -1.70. The highest BCUT2D eigenvalue weighted by Gasteiger charge is 2.59. The van der Waals surface area contributed by atoms with E-state index in [1.54, 1.807) is 40.2 Å². The summed E-state index contributed by atoms with van der Waals surface area (Å²) >= 11 is 0. The van der Waals surface area contributed by atoms with Crippen LogP contribution in [0.25, 0.3) is 0 Å². The zero-order valence-corrected chi connectivity index (χ0v) is 31.4. The molecule has 0 spiro atoms. The van der Waals surface area contributed by atoms with Crippen molar-refractivity contribution in [3.63, 3.8) is 0 Å². The van der Waals surface area contributed by atoms with Crippen LogP contribution in [0.3, 0.4) is 0 Å². The molecule has 0 aromatic rings. The van der Waals surface area contributed by atoms with Gasteiger partial charge in [0.1, 0.15) is 42.0 Å². The lowest BCUT2D eigenvalue weighted by Gasteiger charge is -2.44. The van der Waals surface area contributed by atoms with Crippen molar-refractivity contribution >= 4 is 5.97 Å². The summed E-state index contributed by atoms with van der Waals surface area (Å²) in [6, 6.07) is 0. The number of ether oxygens (including phenoxy) is 9. The van der Waals surface area contributed by atoms with Gasteiger partial charge >= 0.3 is 5.97 Å². The standard InChI is InChI=1S/C39H58O13/c1-20-9-8-10-25-19-47-37-33(40)22(3)15-28(39(25,37)43)38(42)50-27-13-14-46-26(16-27)12-11-21(2)35(20)51-32-18-30(45-7)36(24(5)49-32)52-31-17-29(44-6)34(41)23(4)48-31/h8-11,15,20,23-24,26-37,40-41,43H,12-14,16-19H2,1-7H3/t20?,23-,24-,26+,27+,28-,29-,30-,31?,32-,33+,34-,35?,36-,37+,39?/m0/s1. The first-order valence-electron chi connectivity index (χ1n) is 18.8. The Hall–Kier alpha value is -2.01. The molecule has 6 rings (SSSR count). The molecule has 292 valence electrons. The van der Waals surface area contributed by atoms with Crippen LogP contribution >= 0.6 is 0 Å². The third kappa shape index (κ3) is 8.16. The third-order valence-electron chi connectivity index (χ3n) is 11.7. The van der Waals surface area contributed by atoms with Crippen LogP contribution in [0.15, 0.2) is 47.1 Å². The lowest BCUT2D eigenvalue weighted by molar-refractivity contribution is -0.318. The maximum Gasteiger partial charge on any atom is 0.316 e. The molecule has 6 aliphatic rings. The molecule has 1 aliphatic carbocycles. The number of aliphatic hydroxyl groups excluding tert-OH is 2. The minimum atomic E-state index is -1.76. The highest BCUT2D eigenvalue weighted by atomic mass is 16.7. The number of hydrogen-bond acceptors (Lipinski definition) is 13. The van der Waals surface area contributed by atoms with E-state index < -0.39 is 72.8 Å². The molecule has 52 heavy (non-hydrogen) atoms. The van der Waals surface area contributed by atoms with E-state index >= 15 is 0 Å². The zero-order valence-electron chi connectivity index (χ0n) is 31.4. The van der Waals surface area contributed by atoms with Crippen molar-refractivity contribution in [3.05, 3.63) is 47.1 Å². The second kappa shape index (κ2) is 16.8. The van der Waals surface area contributed by atoms with Crippen molar-refractivity contribution in [2.45, 2.75) is 152 Å². The van der Waals surface area contributed by atoms with E-state index in [1.165, 1.54) is 0 Å². The summed E-state index contributed by atoms with van der Waals surface area (Å²) in [4.78, 5) is 13.7. The van der Waals surface area contributed by atoms with Crippen molar-refractivity contribution in [1.29, 1.82) is 0 Å². The van der Waals surface area contributed by atoms with Gasteiger partial charge < -0.3 is 58.0 Å². The molecule has 5 aliphatic heterocycles. The molecule has 13 heteroatoms. The Balaban J connectivity index is 1.23. The van der Waals surface area contributed by atoms with Gasteiger partial charge in [-0.25, -0.2) is 0 Å². The number of esters is 1. The number of hydrogen-bond donors (Lipinski definition) is 3. The van der Waals surface area contributed by atoms with Crippen molar-refractivity contribution in [2.75, 3.05) is 27.4 Å². The van der Waals surface area contributed by atoms with Crippen LogP contribution in [-0.4, -0.2) is 134 Å². The van der Waals surface area contributed by atoms with Gasteiger partial charge in [-0.3, -0.25) is 4.79 Å². The fourth-order valence-corrected chi connectivity index (χ4v) is 8.54. The number of carbonyl (C=O) groups excluding carboxylic acids is 1. The average Bonchev–Trinajstić information content (AvgIpc) is 3.46. The smallest absolute Gasteiger partial charge is 0.316 e. The van der Waals surface area contributed by atoms with Crippen LogP contribution in [-0.2, 0) is 47.4 Å². The quantitative estimate of drug-likeness (QED) is 0.270. The number of allylic oxidation sites excluding steroid dienone is 2. The SMILES string of the molecule is CO[C@H]1CC(O[C@H]2[C@H](C)O[C@@H](OC3C(C)=CC[C@@H]4C[C@@H](CCO4)OC(=O)[C@@H]4C=C(C)[C@@H](O)[C@H]5OCC(=CC=CC3C)C54O)C[C@@H]2OC)O[C@@H](C)[C@@H]1O. The number of aliphatic hydroxyl groups is 3. The highest BCUT2D eigenvalue weighted by Crippen LogP contribution is 2.46. The van der Waals surface area contributed by atoms with E-state index in [4.69, 9.17) is 42.6 Å². The number of carbonyl (C=O) groups is 1. The Bertz CT molecular complexity index is 1380. The van der Waals surface area contributed by atoms with Crippen molar-refractivity contribution in [2.24, 2.45) is 11.8 Å². The summed E-state index contributed by atoms with van der Waals surface area (Å²) in [5.41, 5.74) is 0.289. The summed E-state index contributed by atoms with van der Waals surface area (Å²) < 4.78 is 55.0. The molecule has 4 unspecified atom stereocenters. The Morgan fingerprint density at radius 3 is 2.35 bits per heavy atom. The molecule has 0 aromatic carbocycles. The van der Waals surface area contributed by atoms with E-state index in [1.807, 2.05) is 26.0 Å². The molecule has 0 radical (unpaired) electrons. The lowest BCUT2D eigenvalue weighted by Crippen LogP contribution is -2.57. The minimum absolute atomic E-state index is 0.0625. The molecule has 0 saturated carbocycles. The molecular formula is C39H58O13. The topological polar surface area (TPSA) is 161 Å². The van der Waals surface area contributed by atoms with E-state index in [-0.39, 0.29) is 36.9 Å². The largest absolute Gasteiger partial charge is 0.462 e. The van der Waals surface area contributed by atoms with Crippen LogP contribution < -0.4 is 0 Å². The molecule has 13 nitrogen and oxygen atoms in total. The van der Waals surface area contributed by atoms with Crippen molar-refractivity contribution in [1.82, 2.24) is 0 Å². The van der Waals surface area contributed by atoms with Crippen molar-refractivity contribution in [3.8, 4) is 0 Å². The van der Waals surface area contributed by atoms with Crippen LogP contribution in [0.1, 0.15) is 66.7 Å². The van der Waals surface area contributed by atoms with E-state index in [9.17, 15) is 20.1 Å². The second-order valence-electron chi connectivity index (χ2n) is 15.3. The first-order valence-corrected chi connectivity index (χ1v) is 18.8. The average molecular weight is 735 g/mol. The maximum atomic E-state index is 13.7.